The standard InChI is InChI=1S/C20H24N2O5/c1-2-3-11-26-12-13-27-17-8-7-16-18-14(17)5-4-6-15(18)19(24)22(20(16)25)21-9-10-23/h4-8,21,23H,2-3,9-13H2,1H3. The second-order valence-electron chi connectivity index (χ2n) is 6.23. The highest BCUT2D eigenvalue weighted by Crippen LogP contribution is 2.35. The maximum Gasteiger partial charge on any atom is 0.275 e. The Balaban J connectivity index is 1.84. The van der Waals surface area contributed by atoms with Gasteiger partial charge in [-0.25, -0.2) is 10.4 Å². The first-order chi connectivity index (χ1) is 13.2. The minimum atomic E-state index is -0.438. The number of imide groups is 1. The number of benzene rings is 2. The van der Waals surface area contributed by atoms with Gasteiger partial charge in [-0.1, -0.05) is 25.5 Å². The number of ether oxygens (including phenoxy) is 2. The maximum absolute atomic E-state index is 12.7. The number of amides is 2. The third kappa shape index (κ3) is 3.95. The summed E-state index contributed by atoms with van der Waals surface area (Å²) in [5, 5.41) is 11.2. The van der Waals surface area contributed by atoms with E-state index in [-0.39, 0.29) is 13.2 Å². The molecule has 0 aromatic heterocycles. The van der Waals surface area contributed by atoms with Crippen LogP contribution in [-0.4, -0.2) is 54.9 Å². The van der Waals surface area contributed by atoms with E-state index in [1.807, 2.05) is 6.07 Å². The number of hydrogen-bond donors (Lipinski definition) is 2. The van der Waals surface area contributed by atoms with Gasteiger partial charge in [-0.15, -0.1) is 0 Å². The molecule has 2 aromatic carbocycles. The number of aliphatic hydroxyl groups excluding tert-OH is 1. The minimum absolute atomic E-state index is 0.113. The van der Waals surface area contributed by atoms with Crippen molar-refractivity contribution in [1.82, 2.24) is 10.4 Å². The second kappa shape index (κ2) is 8.94. The highest BCUT2D eigenvalue weighted by atomic mass is 16.5. The van der Waals surface area contributed by atoms with Gasteiger partial charge in [0.05, 0.1) is 24.3 Å². The average molecular weight is 372 g/mol. The van der Waals surface area contributed by atoms with Gasteiger partial charge < -0.3 is 14.6 Å². The first kappa shape index (κ1) is 19.3. The molecule has 2 aromatic rings. The van der Waals surface area contributed by atoms with E-state index in [0.29, 0.717) is 42.1 Å². The Morgan fingerprint density at radius 2 is 1.81 bits per heavy atom. The van der Waals surface area contributed by atoms with Crippen LogP contribution in [0.15, 0.2) is 30.3 Å². The van der Waals surface area contributed by atoms with Crippen molar-refractivity contribution in [2.75, 3.05) is 33.0 Å². The van der Waals surface area contributed by atoms with Crippen LogP contribution in [0.3, 0.4) is 0 Å². The molecule has 0 spiro atoms. The number of nitrogens with one attached hydrogen (secondary N) is 1. The minimum Gasteiger partial charge on any atom is -0.491 e. The first-order valence-corrected chi connectivity index (χ1v) is 9.18. The zero-order chi connectivity index (χ0) is 19.2. The molecule has 2 N–H and O–H groups in total. The normalized spacial score (nSPS) is 13.5. The van der Waals surface area contributed by atoms with Gasteiger partial charge in [0.15, 0.2) is 0 Å². The number of hydrogen-bond acceptors (Lipinski definition) is 6. The van der Waals surface area contributed by atoms with Crippen LogP contribution in [0.5, 0.6) is 5.75 Å². The zero-order valence-electron chi connectivity index (χ0n) is 15.4. The Hall–Kier alpha value is -2.48. The van der Waals surface area contributed by atoms with Crippen molar-refractivity contribution >= 4 is 22.6 Å². The lowest BCUT2D eigenvalue weighted by Gasteiger charge is -2.27. The predicted octanol–water partition coefficient (Wildman–Crippen LogP) is 2.13. The van der Waals surface area contributed by atoms with Crippen LogP contribution in [0, 0.1) is 0 Å². The largest absolute Gasteiger partial charge is 0.491 e. The van der Waals surface area contributed by atoms with Gasteiger partial charge in [0.2, 0.25) is 0 Å². The molecule has 0 atom stereocenters. The fraction of sp³-hybridized carbons (Fsp3) is 0.400. The smallest absolute Gasteiger partial charge is 0.275 e. The van der Waals surface area contributed by atoms with Crippen molar-refractivity contribution in [2.24, 2.45) is 0 Å². The maximum atomic E-state index is 12.7. The van der Waals surface area contributed by atoms with E-state index < -0.39 is 11.8 Å². The van der Waals surface area contributed by atoms with Gasteiger partial charge in [-0.3, -0.25) is 9.59 Å². The Morgan fingerprint density at radius 1 is 1.04 bits per heavy atom. The summed E-state index contributed by atoms with van der Waals surface area (Å²) in [6.07, 6.45) is 2.11. The van der Waals surface area contributed by atoms with Crippen molar-refractivity contribution in [3.05, 3.63) is 41.5 Å². The molecule has 3 rings (SSSR count). The van der Waals surface area contributed by atoms with Crippen LogP contribution in [0.1, 0.15) is 40.5 Å². The third-order valence-corrected chi connectivity index (χ3v) is 4.38. The van der Waals surface area contributed by atoms with E-state index in [4.69, 9.17) is 14.6 Å². The number of nitrogens with zero attached hydrogens (tertiary/aromatic N) is 1. The lowest BCUT2D eigenvalue weighted by Crippen LogP contribution is -2.50. The Bertz CT molecular complexity index is 814. The van der Waals surface area contributed by atoms with Gasteiger partial charge in [0.1, 0.15) is 12.4 Å². The topological polar surface area (TPSA) is 88.1 Å². The van der Waals surface area contributed by atoms with Crippen LogP contribution >= 0.6 is 0 Å². The highest BCUT2D eigenvalue weighted by Gasteiger charge is 2.33. The molecule has 2 amide bonds. The van der Waals surface area contributed by atoms with E-state index in [0.717, 1.165) is 23.2 Å². The van der Waals surface area contributed by atoms with Crippen LogP contribution in [-0.2, 0) is 4.74 Å². The van der Waals surface area contributed by atoms with E-state index in [9.17, 15) is 9.59 Å². The molecule has 1 heterocycles. The molecule has 1 aliphatic rings. The second-order valence-corrected chi connectivity index (χ2v) is 6.23. The van der Waals surface area contributed by atoms with Crippen LogP contribution < -0.4 is 10.2 Å². The zero-order valence-corrected chi connectivity index (χ0v) is 15.4. The summed E-state index contributed by atoms with van der Waals surface area (Å²) in [7, 11) is 0. The SMILES string of the molecule is CCCCOCCOc1ccc2c3c(cccc13)C(=O)N(NCCO)C2=O. The molecular weight excluding hydrogens is 348 g/mol. The molecule has 0 unspecified atom stereocenters. The van der Waals surface area contributed by atoms with E-state index in [1.54, 1.807) is 24.3 Å². The van der Waals surface area contributed by atoms with Gasteiger partial charge in [0, 0.05) is 23.9 Å². The molecule has 144 valence electrons. The van der Waals surface area contributed by atoms with Crippen molar-refractivity contribution in [1.29, 1.82) is 0 Å². The number of unbranched alkanes of at least 4 members (excludes halogenated alkanes) is 1. The van der Waals surface area contributed by atoms with E-state index >= 15 is 0 Å². The molecule has 0 radical (unpaired) electrons. The number of rotatable bonds is 10. The summed E-state index contributed by atoms with van der Waals surface area (Å²) >= 11 is 0. The third-order valence-electron chi connectivity index (χ3n) is 4.38. The molecule has 7 nitrogen and oxygen atoms in total. The first-order valence-electron chi connectivity index (χ1n) is 9.18. The summed E-state index contributed by atoms with van der Waals surface area (Å²) in [4.78, 5) is 25.4. The van der Waals surface area contributed by atoms with Crippen molar-refractivity contribution in [2.45, 2.75) is 19.8 Å². The molecular formula is C20H24N2O5. The average Bonchev–Trinajstić information content (AvgIpc) is 2.69. The quantitative estimate of drug-likeness (QED) is 0.491. The fourth-order valence-electron chi connectivity index (χ4n) is 3.06. The van der Waals surface area contributed by atoms with Gasteiger partial charge in [0.25, 0.3) is 11.8 Å². The highest BCUT2D eigenvalue weighted by molar-refractivity contribution is 6.25. The molecule has 0 aliphatic carbocycles. The van der Waals surface area contributed by atoms with Crippen LogP contribution in [0.2, 0.25) is 0 Å². The number of aliphatic hydroxyl groups is 1. The Labute approximate surface area is 157 Å². The summed E-state index contributed by atoms with van der Waals surface area (Å²) < 4.78 is 11.3. The summed E-state index contributed by atoms with van der Waals surface area (Å²) in [5.74, 6) is -0.259. The van der Waals surface area contributed by atoms with E-state index in [1.165, 1.54) is 0 Å². The Kier molecular flexibility index (Phi) is 6.39. The molecule has 27 heavy (non-hydrogen) atoms. The number of hydrazine groups is 1. The Morgan fingerprint density at radius 3 is 2.56 bits per heavy atom. The summed E-state index contributed by atoms with van der Waals surface area (Å²) in [6.45, 7) is 3.64. The molecule has 0 bridgehead atoms. The fourth-order valence-corrected chi connectivity index (χ4v) is 3.06. The number of carbonyl (C=O) groups is 2. The molecule has 0 saturated heterocycles. The molecule has 0 saturated carbocycles. The lowest BCUT2D eigenvalue weighted by molar-refractivity contribution is 0.0509. The summed E-state index contributed by atoms with van der Waals surface area (Å²) in [6, 6.07) is 8.70. The molecule has 7 heteroatoms. The van der Waals surface area contributed by atoms with Gasteiger partial charge >= 0.3 is 0 Å². The lowest BCUT2D eigenvalue weighted by atomic mass is 9.94. The molecule has 0 fully saturated rings. The van der Waals surface area contributed by atoms with Crippen LogP contribution in [0.25, 0.3) is 10.8 Å². The monoisotopic (exact) mass is 372 g/mol. The van der Waals surface area contributed by atoms with E-state index in [2.05, 4.69) is 12.3 Å². The predicted molar refractivity (Wildman–Crippen MR) is 101 cm³/mol. The van der Waals surface area contributed by atoms with Crippen molar-refractivity contribution in [3.63, 3.8) is 0 Å². The van der Waals surface area contributed by atoms with Gasteiger partial charge in [-0.2, -0.15) is 0 Å². The van der Waals surface area contributed by atoms with Gasteiger partial charge in [-0.05, 0) is 24.6 Å². The van der Waals surface area contributed by atoms with Crippen molar-refractivity contribution < 1.29 is 24.2 Å². The molecule has 1 aliphatic heterocycles. The number of carbonyl (C=O) groups excluding carboxylic acids is 2. The summed E-state index contributed by atoms with van der Waals surface area (Å²) in [5.41, 5.74) is 3.52. The van der Waals surface area contributed by atoms with Crippen LogP contribution in [0.4, 0.5) is 0 Å². The van der Waals surface area contributed by atoms with Crippen molar-refractivity contribution in [3.8, 4) is 5.75 Å².